The van der Waals surface area contributed by atoms with Crippen LogP contribution in [-0.2, 0) is 18.1 Å². The Morgan fingerprint density at radius 2 is 1.94 bits per heavy atom. The van der Waals surface area contributed by atoms with Crippen molar-refractivity contribution < 1.29 is 17.9 Å². The second-order valence-corrected chi connectivity index (χ2v) is 9.47. The van der Waals surface area contributed by atoms with Crippen molar-refractivity contribution in [1.82, 2.24) is 4.57 Å². The van der Waals surface area contributed by atoms with Crippen LogP contribution in [-0.4, -0.2) is 17.0 Å². The van der Waals surface area contributed by atoms with Gasteiger partial charge in [-0.2, -0.15) is 28.4 Å². The number of aliphatic imine (C=N–C) groups is 1. The molecule has 0 bridgehead atoms. The van der Waals surface area contributed by atoms with Crippen molar-refractivity contribution in [3.63, 3.8) is 0 Å². The van der Waals surface area contributed by atoms with Gasteiger partial charge in [0, 0.05) is 17.6 Å². The van der Waals surface area contributed by atoms with Gasteiger partial charge in [-0.3, -0.25) is 0 Å². The molecule has 0 amide bonds. The highest BCUT2D eigenvalue weighted by Crippen LogP contribution is 2.33. The monoisotopic (exact) mass is 452 g/mol. The molecule has 0 aliphatic rings. The van der Waals surface area contributed by atoms with Gasteiger partial charge >= 0.3 is 6.18 Å². The predicted molar refractivity (Wildman–Crippen MR) is 116 cm³/mol. The van der Waals surface area contributed by atoms with E-state index in [2.05, 4.69) is 44.6 Å². The lowest BCUT2D eigenvalue weighted by Crippen LogP contribution is -2.19. The molecule has 0 saturated heterocycles. The quantitative estimate of drug-likeness (QED) is 0.329. The van der Waals surface area contributed by atoms with Gasteiger partial charge in [-0.15, -0.1) is 11.3 Å². The Bertz CT molecular complexity index is 1050. The number of hydrogen-bond acceptors (Lipinski definition) is 4. The highest BCUT2D eigenvalue weighted by atomic mass is 32.1. The number of alkyl halides is 3. The van der Waals surface area contributed by atoms with Gasteiger partial charge in [0.25, 0.3) is 0 Å². The smallest absolute Gasteiger partial charge is 0.416 e. The van der Waals surface area contributed by atoms with E-state index in [1.54, 1.807) is 13.1 Å². The number of benzene rings is 1. The van der Waals surface area contributed by atoms with Crippen molar-refractivity contribution in [2.45, 2.75) is 59.7 Å². The van der Waals surface area contributed by atoms with Crippen LogP contribution in [0.1, 0.15) is 57.5 Å². The van der Waals surface area contributed by atoms with E-state index < -0.39 is 11.7 Å². The van der Waals surface area contributed by atoms with Crippen LogP contribution in [0.3, 0.4) is 0 Å². The van der Waals surface area contributed by atoms with Gasteiger partial charge in [0.15, 0.2) is 10.6 Å². The van der Waals surface area contributed by atoms with Crippen molar-refractivity contribution in [2.75, 3.05) is 6.61 Å². The maximum Gasteiger partial charge on any atom is 0.416 e. The minimum atomic E-state index is -4.54. The normalized spacial score (nSPS) is 13.6. The summed E-state index contributed by atoms with van der Waals surface area (Å²) in [5, 5.41) is 9.21. The van der Waals surface area contributed by atoms with E-state index in [1.165, 1.54) is 17.4 Å². The fraction of sp³-hybridized carbons (Fsp3) is 0.500. The molecule has 0 saturated carbocycles. The summed E-state index contributed by atoms with van der Waals surface area (Å²) in [5.74, 6) is 0.401. The minimum absolute atomic E-state index is 0.0278. The molecule has 0 unspecified atom stereocenters. The Morgan fingerprint density at radius 3 is 2.45 bits per heavy atom. The van der Waals surface area contributed by atoms with E-state index >= 15 is 0 Å². The van der Waals surface area contributed by atoms with E-state index in [9.17, 15) is 18.4 Å². The second-order valence-electron chi connectivity index (χ2n) is 8.46. The highest BCUT2D eigenvalue weighted by Gasteiger charge is 2.32. The first kappa shape index (κ1) is 24.7. The van der Waals surface area contributed by atoms with Gasteiger partial charge < -0.3 is 9.30 Å². The van der Waals surface area contributed by atoms with Crippen molar-refractivity contribution in [1.29, 1.82) is 5.26 Å². The number of nitriles is 1. The predicted octanol–water partition coefficient (Wildman–Crippen LogP) is 5.75. The third-order valence-corrected chi connectivity index (χ3v) is 5.67. The molecule has 2 rings (SSSR count). The minimum Gasteiger partial charge on any atom is -0.493 e. The van der Waals surface area contributed by atoms with Crippen LogP contribution < -0.4 is 9.54 Å². The van der Waals surface area contributed by atoms with E-state index in [0.717, 1.165) is 17.0 Å². The number of aromatic nitrogens is 1. The molecule has 31 heavy (non-hydrogen) atoms. The number of ether oxygens (including phenoxy) is 1. The van der Waals surface area contributed by atoms with Crippen LogP contribution in [0.2, 0.25) is 0 Å². The Hall–Kier alpha value is -2.60. The molecule has 0 fully saturated rings. The molecule has 0 spiro atoms. The molecule has 2 aromatic rings. The zero-order valence-corrected chi connectivity index (χ0v) is 19.4. The number of halogens is 3. The molecule has 0 radical (unpaired) electrons. The summed E-state index contributed by atoms with van der Waals surface area (Å²) < 4.78 is 47.4. The number of thiazole rings is 1. The van der Waals surface area contributed by atoms with Crippen molar-refractivity contribution in [3.8, 4) is 11.9 Å². The summed E-state index contributed by atoms with van der Waals surface area (Å²) in [4.78, 5) is 9.91. The molecule has 168 valence electrons. The lowest BCUT2D eigenvalue weighted by atomic mass is 9.95. The molecule has 0 atom stereocenters. The summed E-state index contributed by atoms with van der Waals surface area (Å²) in [6, 6.07) is 3.11. The zero-order valence-electron chi connectivity index (χ0n) is 18.5. The van der Waals surface area contributed by atoms with Crippen LogP contribution in [0.25, 0.3) is 0 Å². The Kier molecular flexibility index (Phi) is 7.71. The Labute approximate surface area is 184 Å². The molecule has 1 aromatic carbocycles. The lowest BCUT2D eigenvalue weighted by Gasteiger charge is -2.14. The largest absolute Gasteiger partial charge is 0.493 e. The molecule has 0 aliphatic carbocycles. The van der Waals surface area contributed by atoms with Crippen molar-refractivity contribution >= 4 is 17.2 Å². The fourth-order valence-corrected chi connectivity index (χ4v) is 3.84. The first-order valence-electron chi connectivity index (χ1n) is 9.93. The molecular formula is C22H27F3N4OS. The van der Waals surface area contributed by atoms with E-state index in [-0.39, 0.29) is 29.2 Å². The number of nitrogens with zero attached hydrogens (tertiary/aromatic N) is 4. The van der Waals surface area contributed by atoms with Crippen LogP contribution in [0.4, 0.5) is 13.2 Å². The zero-order chi connectivity index (χ0) is 23.4. The van der Waals surface area contributed by atoms with Crippen molar-refractivity contribution in [3.05, 3.63) is 45.2 Å². The van der Waals surface area contributed by atoms with Gasteiger partial charge in [-0.05, 0) is 36.5 Å². The van der Waals surface area contributed by atoms with Crippen LogP contribution in [0, 0.1) is 17.4 Å². The number of hydrogen-bond donors (Lipinski definition) is 0. The SMILES string of the molecule is CCOc1ccc(C(F)(F)F)cc1C(=NC#N)/N=c1\sc(C(C)(C)C)cn1CC(C)C. The van der Waals surface area contributed by atoms with Crippen LogP contribution in [0.5, 0.6) is 5.75 Å². The molecule has 5 nitrogen and oxygen atoms in total. The molecule has 0 N–H and O–H groups in total. The van der Waals surface area contributed by atoms with Gasteiger partial charge in [0.2, 0.25) is 6.19 Å². The van der Waals surface area contributed by atoms with E-state index in [0.29, 0.717) is 17.3 Å². The molecular weight excluding hydrogens is 425 g/mol. The topological polar surface area (TPSA) is 62.7 Å². The van der Waals surface area contributed by atoms with Crippen molar-refractivity contribution in [2.24, 2.45) is 15.9 Å². The standard InChI is InChI=1S/C22H27F3N4OS/c1-7-30-17-9-8-15(22(23,24)25)10-16(17)19(27-13-26)28-20-29(11-14(2)3)12-18(31-20)21(4,5)6/h8-10,12,14H,7,11H2,1-6H3/b27-19?,28-20-. The third-order valence-electron chi connectivity index (χ3n) is 4.23. The molecule has 9 heteroatoms. The number of amidine groups is 1. The van der Waals surface area contributed by atoms with Gasteiger partial charge in [0.05, 0.1) is 17.7 Å². The first-order valence-corrected chi connectivity index (χ1v) is 10.7. The highest BCUT2D eigenvalue weighted by molar-refractivity contribution is 7.09. The average Bonchev–Trinajstić information content (AvgIpc) is 3.03. The molecule has 1 aromatic heterocycles. The van der Waals surface area contributed by atoms with E-state index in [1.807, 2.05) is 10.8 Å². The van der Waals surface area contributed by atoms with E-state index in [4.69, 9.17) is 4.74 Å². The maximum absolute atomic E-state index is 13.3. The van der Waals surface area contributed by atoms with Gasteiger partial charge in [-0.1, -0.05) is 34.6 Å². The van der Waals surface area contributed by atoms with Crippen LogP contribution >= 0.6 is 11.3 Å². The molecule has 0 aliphatic heterocycles. The fourth-order valence-electron chi connectivity index (χ4n) is 2.78. The third kappa shape index (κ3) is 6.44. The van der Waals surface area contributed by atoms with Gasteiger partial charge in [0.1, 0.15) is 5.75 Å². The summed E-state index contributed by atoms with van der Waals surface area (Å²) in [5.41, 5.74) is -0.959. The number of rotatable bonds is 5. The van der Waals surface area contributed by atoms with Crippen LogP contribution in [0.15, 0.2) is 34.4 Å². The maximum atomic E-state index is 13.3. The molecule has 1 heterocycles. The Balaban J connectivity index is 2.76. The van der Waals surface area contributed by atoms with Gasteiger partial charge in [-0.25, -0.2) is 0 Å². The average molecular weight is 453 g/mol. The first-order chi connectivity index (χ1) is 14.4. The summed E-state index contributed by atoms with van der Waals surface area (Å²) in [6.45, 7) is 13.0. The summed E-state index contributed by atoms with van der Waals surface area (Å²) in [6.07, 6.45) is -0.877. The second kappa shape index (κ2) is 9.69. The summed E-state index contributed by atoms with van der Waals surface area (Å²) >= 11 is 1.43. The summed E-state index contributed by atoms with van der Waals surface area (Å²) in [7, 11) is 0. The lowest BCUT2D eigenvalue weighted by molar-refractivity contribution is -0.137. The Morgan fingerprint density at radius 1 is 1.26 bits per heavy atom.